The Labute approximate surface area is 130 Å². The van der Waals surface area contributed by atoms with Gasteiger partial charge in [-0.3, -0.25) is 4.90 Å². The normalized spacial score (nSPS) is 22.4. The van der Waals surface area contributed by atoms with Gasteiger partial charge in [0.15, 0.2) is 0 Å². The fraction of sp³-hybridized carbons (Fsp3) is 0.941. The average molecular weight is 295 g/mol. The molecule has 0 atom stereocenters. The zero-order valence-electron chi connectivity index (χ0n) is 14.3. The lowest BCUT2D eigenvalue weighted by Crippen LogP contribution is -2.55. The Morgan fingerprint density at radius 1 is 0.905 bits per heavy atom. The zero-order valence-corrected chi connectivity index (χ0v) is 14.3. The van der Waals surface area contributed by atoms with Crippen molar-refractivity contribution < 1.29 is 4.79 Å². The van der Waals surface area contributed by atoms with Gasteiger partial charge in [0.1, 0.15) is 0 Å². The van der Waals surface area contributed by atoms with Crippen LogP contribution in [0.2, 0.25) is 0 Å². The predicted molar refractivity (Wildman–Crippen MR) is 87.4 cm³/mol. The molecular weight excluding hydrogens is 262 g/mol. The van der Waals surface area contributed by atoms with Crippen LogP contribution in [0.1, 0.15) is 47.0 Å². The topological polar surface area (TPSA) is 26.8 Å². The number of urea groups is 1. The van der Waals surface area contributed by atoms with Crippen LogP contribution in [0.15, 0.2) is 0 Å². The summed E-state index contributed by atoms with van der Waals surface area (Å²) in [7, 11) is 0. The molecule has 122 valence electrons. The highest BCUT2D eigenvalue weighted by atomic mass is 16.2. The van der Waals surface area contributed by atoms with Gasteiger partial charge in [-0.25, -0.2) is 4.79 Å². The fourth-order valence-electron chi connectivity index (χ4n) is 3.66. The van der Waals surface area contributed by atoms with Crippen LogP contribution in [0.4, 0.5) is 4.79 Å². The van der Waals surface area contributed by atoms with Crippen molar-refractivity contribution in [2.24, 2.45) is 11.8 Å². The Balaban J connectivity index is 1.75. The third-order valence-electron chi connectivity index (χ3n) is 5.00. The van der Waals surface area contributed by atoms with Crippen LogP contribution in [0, 0.1) is 11.8 Å². The van der Waals surface area contributed by atoms with E-state index in [1.807, 2.05) is 0 Å². The highest BCUT2D eigenvalue weighted by molar-refractivity contribution is 5.74. The van der Waals surface area contributed by atoms with E-state index in [0.29, 0.717) is 6.04 Å². The third kappa shape index (κ3) is 4.60. The molecule has 2 fully saturated rings. The van der Waals surface area contributed by atoms with Crippen molar-refractivity contribution in [3.63, 3.8) is 0 Å². The van der Waals surface area contributed by atoms with E-state index in [4.69, 9.17) is 0 Å². The number of rotatable bonds is 3. The summed E-state index contributed by atoms with van der Waals surface area (Å²) in [5, 5.41) is 0. The van der Waals surface area contributed by atoms with E-state index >= 15 is 0 Å². The van der Waals surface area contributed by atoms with Gasteiger partial charge in [-0.05, 0) is 44.9 Å². The monoisotopic (exact) mass is 295 g/mol. The molecule has 0 spiro atoms. The maximum atomic E-state index is 12.6. The summed E-state index contributed by atoms with van der Waals surface area (Å²) in [6.07, 6.45) is 3.70. The maximum absolute atomic E-state index is 12.6. The molecule has 21 heavy (non-hydrogen) atoms. The molecule has 4 nitrogen and oxygen atoms in total. The summed E-state index contributed by atoms with van der Waals surface area (Å²) in [6, 6.07) is 0.871. The van der Waals surface area contributed by atoms with E-state index < -0.39 is 0 Å². The first-order valence-electron chi connectivity index (χ1n) is 8.75. The number of piperazine rings is 1. The molecule has 0 saturated carbocycles. The largest absolute Gasteiger partial charge is 0.325 e. The molecule has 0 N–H and O–H groups in total. The van der Waals surface area contributed by atoms with E-state index in [0.717, 1.165) is 51.1 Å². The van der Waals surface area contributed by atoms with Gasteiger partial charge in [0.25, 0.3) is 0 Å². The van der Waals surface area contributed by atoms with Gasteiger partial charge in [0.05, 0.1) is 0 Å². The van der Waals surface area contributed by atoms with Gasteiger partial charge < -0.3 is 9.80 Å². The molecule has 2 amide bonds. The molecular formula is C17H33N3O. The highest BCUT2D eigenvalue weighted by Gasteiger charge is 2.29. The smallest absolute Gasteiger partial charge is 0.320 e. The van der Waals surface area contributed by atoms with Crippen molar-refractivity contribution in [1.29, 1.82) is 0 Å². The minimum absolute atomic E-state index is 0.279. The summed E-state index contributed by atoms with van der Waals surface area (Å²) < 4.78 is 0. The van der Waals surface area contributed by atoms with Gasteiger partial charge in [0, 0.05) is 45.3 Å². The van der Waals surface area contributed by atoms with Crippen LogP contribution >= 0.6 is 0 Å². The van der Waals surface area contributed by atoms with Crippen LogP contribution in [-0.4, -0.2) is 66.0 Å². The van der Waals surface area contributed by atoms with Crippen LogP contribution in [0.3, 0.4) is 0 Å². The summed E-state index contributed by atoms with van der Waals surface area (Å²) in [4.78, 5) is 19.2. The van der Waals surface area contributed by atoms with Crippen LogP contribution in [0.25, 0.3) is 0 Å². The Bertz CT molecular complexity index is 327. The second-order valence-corrected chi connectivity index (χ2v) is 7.46. The quantitative estimate of drug-likeness (QED) is 0.800. The molecule has 0 unspecified atom stereocenters. The fourth-order valence-corrected chi connectivity index (χ4v) is 3.66. The lowest BCUT2D eigenvalue weighted by molar-refractivity contribution is 0.0887. The first kappa shape index (κ1) is 16.6. The second-order valence-electron chi connectivity index (χ2n) is 7.46. The average Bonchev–Trinajstić information content (AvgIpc) is 2.47. The van der Waals surface area contributed by atoms with Crippen LogP contribution in [-0.2, 0) is 0 Å². The molecule has 2 aliphatic heterocycles. The molecule has 0 bridgehead atoms. The summed E-state index contributed by atoms with van der Waals surface area (Å²) in [5.74, 6) is 1.60. The number of hydrogen-bond donors (Lipinski definition) is 0. The van der Waals surface area contributed by atoms with Gasteiger partial charge >= 0.3 is 6.03 Å². The predicted octanol–water partition coefficient (Wildman–Crippen LogP) is 2.89. The van der Waals surface area contributed by atoms with E-state index in [-0.39, 0.29) is 6.03 Å². The zero-order chi connectivity index (χ0) is 15.4. The lowest BCUT2D eigenvalue weighted by atomic mass is 9.89. The molecule has 0 aromatic rings. The molecule has 0 aromatic carbocycles. The Hall–Kier alpha value is -0.770. The molecule has 2 aliphatic rings. The summed E-state index contributed by atoms with van der Waals surface area (Å²) >= 11 is 0. The maximum Gasteiger partial charge on any atom is 0.320 e. The highest BCUT2D eigenvalue weighted by Crippen LogP contribution is 2.24. The Kier molecular flexibility index (Phi) is 5.91. The van der Waals surface area contributed by atoms with Crippen molar-refractivity contribution in [2.75, 3.05) is 39.3 Å². The Morgan fingerprint density at radius 3 is 1.90 bits per heavy atom. The van der Waals surface area contributed by atoms with E-state index in [1.54, 1.807) is 0 Å². The van der Waals surface area contributed by atoms with Crippen molar-refractivity contribution in [1.82, 2.24) is 14.7 Å². The summed E-state index contributed by atoms with van der Waals surface area (Å²) in [5.41, 5.74) is 0. The van der Waals surface area contributed by atoms with Gasteiger partial charge in [-0.1, -0.05) is 13.8 Å². The molecule has 2 rings (SSSR count). The first-order chi connectivity index (χ1) is 9.97. The minimum atomic E-state index is 0.279. The van der Waals surface area contributed by atoms with E-state index in [2.05, 4.69) is 42.4 Å². The first-order valence-corrected chi connectivity index (χ1v) is 8.75. The molecule has 0 radical (unpaired) electrons. The number of piperidine rings is 1. The number of carbonyl (C=O) groups excluding carboxylic acids is 1. The molecule has 2 saturated heterocycles. The third-order valence-corrected chi connectivity index (χ3v) is 5.00. The number of amides is 2. The Morgan fingerprint density at radius 2 is 1.43 bits per heavy atom. The van der Waals surface area contributed by atoms with Crippen molar-refractivity contribution >= 4 is 6.03 Å². The number of hydrogen-bond acceptors (Lipinski definition) is 2. The van der Waals surface area contributed by atoms with Gasteiger partial charge in [-0.15, -0.1) is 0 Å². The molecule has 0 aromatic heterocycles. The second kappa shape index (κ2) is 7.48. The SMILES string of the molecule is CC(C)CC1CCN(C(=O)N2CCN(C(C)C)CC2)CC1. The molecule has 0 aliphatic carbocycles. The lowest BCUT2D eigenvalue weighted by Gasteiger charge is -2.41. The number of carbonyl (C=O) groups is 1. The standard InChI is InChI=1S/C17H33N3O/c1-14(2)13-16-5-7-19(8-6-16)17(21)20-11-9-18(10-12-20)15(3)4/h14-16H,5-13H2,1-4H3. The van der Waals surface area contributed by atoms with Gasteiger partial charge in [-0.2, -0.15) is 0 Å². The van der Waals surface area contributed by atoms with Crippen molar-refractivity contribution in [3.8, 4) is 0 Å². The van der Waals surface area contributed by atoms with Crippen LogP contribution in [0.5, 0.6) is 0 Å². The van der Waals surface area contributed by atoms with Crippen LogP contribution < -0.4 is 0 Å². The van der Waals surface area contributed by atoms with Crippen molar-refractivity contribution in [3.05, 3.63) is 0 Å². The molecule has 2 heterocycles. The van der Waals surface area contributed by atoms with E-state index in [1.165, 1.54) is 19.3 Å². The van der Waals surface area contributed by atoms with Crippen molar-refractivity contribution in [2.45, 2.75) is 53.0 Å². The van der Waals surface area contributed by atoms with E-state index in [9.17, 15) is 4.79 Å². The number of likely N-dealkylation sites (tertiary alicyclic amines) is 1. The summed E-state index contributed by atoms with van der Waals surface area (Å²) in [6.45, 7) is 14.8. The number of nitrogens with zero attached hydrogens (tertiary/aromatic N) is 3. The minimum Gasteiger partial charge on any atom is -0.325 e. The van der Waals surface area contributed by atoms with Gasteiger partial charge in [0.2, 0.25) is 0 Å². The molecule has 4 heteroatoms.